The summed E-state index contributed by atoms with van der Waals surface area (Å²) in [6, 6.07) is 2.76. The number of nitrogens with zero attached hydrogens (tertiary/aromatic N) is 5. The Morgan fingerprint density at radius 2 is 1.80 bits per heavy atom. The number of ether oxygens (including phenoxy) is 1. The largest absolute Gasteiger partial charge is 0.379 e. The molecule has 2 aliphatic rings. The fourth-order valence-corrected chi connectivity index (χ4v) is 3.03. The minimum absolute atomic E-state index is 0.428. The molecule has 1 aromatic rings. The smallest absolute Gasteiger partial charge is 0.183 e. The van der Waals surface area contributed by atoms with Crippen LogP contribution in [0.1, 0.15) is 18.5 Å². The SMILES string of the molecule is N#Cc1nccnc1N1CCC(N2CCOCC2)CC1. The Balaban J connectivity index is 1.62. The zero-order chi connectivity index (χ0) is 13.8. The van der Waals surface area contributed by atoms with Crippen molar-refractivity contribution in [1.29, 1.82) is 5.26 Å². The van der Waals surface area contributed by atoms with E-state index in [1.807, 2.05) is 0 Å². The Kier molecular flexibility index (Phi) is 4.09. The van der Waals surface area contributed by atoms with Crippen LogP contribution in [0, 0.1) is 11.3 Å². The molecular formula is C14H19N5O. The number of nitriles is 1. The van der Waals surface area contributed by atoms with Gasteiger partial charge < -0.3 is 9.64 Å². The van der Waals surface area contributed by atoms with E-state index in [4.69, 9.17) is 10.00 Å². The van der Waals surface area contributed by atoms with Gasteiger partial charge in [-0.05, 0) is 12.8 Å². The molecule has 2 aliphatic heterocycles. The molecule has 1 aromatic heterocycles. The Morgan fingerprint density at radius 1 is 1.10 bits per heavy atom. The Labute approximate surface area is 119 Å². The molecular weight excluding hydrogens is 254 g/mol. The number of hydrogen-bond donors (Lipinski definition) is 0. The molecule has 3 heterocycles. The molecule has 0 spiro atoms. The first-order valence-electron chi connectivity index (χ1n) is 7.16. The van der Waals surface area contributed by atoms with E-state index >= 15 is 0 Å². The first-order valence-corrected chi connectivity index (χ1v) is 7.16. The van der Waals surface area contributed by atoms with Crippen molar-refractivity contribution in [2.45, 2.75) is 18.9 Å². The summed E-state index contributed by atoms with van der Waals surface area (Å²) >= 11 is 0. The van der Waals surface area contributed by atoms with Gasteiger partial charge in [0.1, 0.15) is 6.07 Å². The zero-order valence-electron chi connectivity index (χ0n) is 11.5. The first kappa shape index (κ1) is 13.3. The van der Waals surface area contributed by atoms with Gasteiger partial charge in [0.2, 0.25) is 0 Å². The second-order valence-corrected chi connectivity index (χ2v) is 5.21. The summed E-state index contributed by atoms with van der Waals surface area (Å²) in [5.74, 6) is 0.732. The Hall–Kier alpha value is -1.71. The van der Waals surface area contributed by atoms with Gasteiger partial charge in [-0.1, -0.05) is 0 Å². The van der Waals surface area contributed by atoms with E-state index in [-0.39, 0.29) is 0 Å². The summed E-state index contributed by atoms with van der Waals surface area (Å²) in [5.41, 5.74) is 0.428. The number of aromatic nitrogens is 2. The van der Waals surface area contributed by atoms with Crippen LogP contribution in [0.3, 0.4) is 0 Å². The number of hydrogen-bond acceptors (Lipinski definition) is 6. The highest BCUT2D eigenvalue weighted by molar-refractivity contribution is 5.49. The molecule has 0 aromatic carbocycles. The molecule has 6 nitrogen and oxygen atoms in total. The molecule has 0 amide bonds. The van der Waals surface area contributed by atoms with E-state index in [0.29, 0.717) is 11.7 Å². The van der Waals surface area contributed by atoms with E-state index < -0.39 is 0 Å². The van der Waals surface area contributed by atoms with Crippen molar-refractivity contribution in [2.24, 2.45) is 0 Å². The van der Waals surface area contributed by atoms with Gasteiger partial charge in [0.05, 0.1) is 13.2 Å². The number of rotatable bonds is 2. The molecule has 0 radical (unpaired) electrons. The number of morpholine rings is 1. The normalized spacial score (nSPS) is 21.6. The monoisotopic (exact) mass is 273 g/mol. The topological polar surface area (TPSA) is 65.3 Å². The van der Waals surface area contributed by atoms with Crippen LogP contribution in [0.4, 0.5) is 5.82 Å². The Morgan fingerprint density at radius 3 is 2.50 bits per heavy atom. The average molecular weight is 273 g/mol. The van der Waals surface area contributed by atoms with Crippen LogP contribution >= 0.6 is 0 Å². The third-order valence-electron chi connectivity index (χ3n) is 4.11. The van der Waals surface area contributed by atoms with Crippen LogP contribution in [-0.2, 0) is 4.74 Å². The van der Waals surface area contributed by atoms with Crippen LogP contribution in [-0.4, -0.2) is 60.3 Å². The molecule has 0 bridgehead atoms. The van der Waals surface area contributed by atoms with E-state index in [9.17, 15) is 0 Å². The van der Waals surface area contributed by atoms with Gasteiger partial charge in [-0.2, -0.15) is 5.26 Å². The average Bonchev–Trinajstić information content (AvgIpc) is 2.56. The molecule has 0 aliphatic carbocycles. The third-order valence-corrected chi connectivity index (χ3v) is 4.11. The summed E-state index contributed by atoms with van der Waals surface area (Å²) < 4.78 is 5.40. The third kappa shape index (κ3) is 2.74. The van der Waals surface area contributed by atoms with E-state index in [1.54, 1.807) is 12.4 Å². The van der Waals surface area contributed by atoms with E-state index in [1.165, 1.54) is 0 Å². The number of piperidine rings is 1. The van der Waals surface area contributed by atoms with Crippen molar-refractivity contribution in [1.82, 2.24) is 14.9 Å². The summed E-state index contributed by atoms with van der Waals surface area (Å²) in [4.78, 5) is 13.1. The molecule has 2 fully saturated rings. The molecule has 20 heavy (non-hydrogen) atoms. The maximum atomic E-state index is 9.10. The van der Waals surface area contributed by atoms with Crippen molar-refractivity contribution in [3.63, 3.8) is 0 Å². The Bertz CT molecular complexity index is 487. The molecule has 0 atom stereocenters. The summed E-state index contributed by atoms with van der Waals surface area (Å²) in [6.45, 7) is 5.66. The van der Waals surface area contributed by atoms with Gasteiger partial charge in [0.25, 0.3) is 0 Å². The second kappa shape index (κ2) is 6.16. The summed E-state index contributed by atoms with van der Waals surface area (Å²) in [7, 11) is 0. The van der Waals surface area contributed by atoms with Crippen molar-refractivity contribution in [3.05, 3.63) is 18.1 Å². The fourth-order valence-electron chi connectivity index (χ4n) is 3.03. The minimum atomic E-state index is 0.428. The molecule has 6 heteroatoms. The molecule has 0 N–H and O–H groups in total. The lowest BCUT2D eigenvalue weighted by Crippen LogP contribution is -2.49. The lowest BCUT2D eigenvalue weighted by molar-refractivity contribution is 0.0114. The molecule has 0 unspecified atom stereocenters. The van der Waals surface area contributed by atoms with Crippen molar-refractivity contribution in [2.75, 3.05) is 44.3 Å². The zero-order valence-corrected chi connectivity index (χ0v) is 11.5. The van der Waals surface area contributed by atoms with Crippen molar-refractivity contribution >= 4 is 5.82 Å². The van der Waals surface area contributed by atoms with Gasteiger partial charge in [-0.25, -0.2) is 9.97 Å². The van der Waals surface area contributed by atoms with Gasteiger partial charge in [-0.3, -0.25) is 4.90 Å². The maximum absolute atomic E-state index is 9.10. The quantitative estimate of drug-likeness (QED) is 0.788. The van der Waals surface area contributed by atoms with Gasteiger partial charge in [-0.15, -0.1) is 0 Å². The molecule has 2 saturated heterocycles. The highest BCUT2D eigenvalue weighted by atomic mass is 16.5. The maximum Gasteiger partial charge on any atom is 0.183 e. The molecule has 3 rings (SSSR count). The lowest BCUT2D eigenvalue weighted by Gasteiger charge is -2.40. The minimum Gasteiger partial charge on any atom is -0.379 e. The standard InChI is InChI=1S/C14H19N5O/c15-11-13-14(17-4-3-16-13)19-5-1-12(2-6-19)18-7-9-20-10-8-18/h3-4,12H,1-2,5-10H2. The lowest BCUT2D eigenvalue weighted by atomic mass is 10.0. The fraction of sp³-hybridized carbons (Fsp3) is 0.643. The van der Waals surface area contributed by atoms with Crippen molar-refractivity contribution in [3.8, 4) is 6.07 Å². The predicted octanol–water partition coefficient (Wildman–Crippen LogP) is 0.649. The highest BCUT2D eigenvalue weighted by Gasteiger charge is 2.27. The van der Waals surface area contributed by atoms with Gasteiger partial charge >= 0.3 is 0 Å². The van der Waals surface area contributed by atoms with Crippen LogP contribution in [0.2, 0.25) is 0 Å². The highest BCUT2D eigenvalue weighted by Crippen LogP contribution is 2.23. The predicted molar refractivity (Wildman–Crippen MR) is 74.4 cm³/mol. The van der Waals surface area contributed by atoms with Crippen LogP contribution in [0.15, 0.2) is 12.4 Å². The number of anilines is 1. The second-order valence-electron chi connectivity index (χ2n) is 5.21. The molecule has 106 valence electrons. The van der Waals surface area contributed by atoms with Crippen LogP contribution < -0.4 is 4.90 Å². The van der Waals surface area contributed by atoms with Crippen LogP contribution in [0.25, 0.3) is 0 Å². The van der Waals surface area contributed by atoms with Gasteiger partial charge in [0, 0.05) is 44.6 Å². The van der Waals surface area contributed by atoms with Crippen molar-refractivity contribution < 1.29 is 4.74 Å². The van der Waals surface area contributed by atoms with Crippen LogP contribution in [0.5, 0.6) is 0 Å². The summed E-state index contributed by atoms with van der Waals surface area (Å²) in [6.07, 6.45) is 5.45. The van der Waals surface area contributed by atoms with E-state index in [2.05, 4.69) is 25.8 Å². The summed E-state index contributed by atoms with van der Waals surface area (Å²) in [5, 5.41) is 9.10. The first-order chi connectivity index (χ1) is 9.88. The van der Waals surface area contributed by atoms with Gasteiger partial charge in [0.15, 0.2) is 11.5 Å². The molecule has 0 saturated carbocycles. The van der Waals surface area contributed by atoms with E-state index in [0.717, 1.165) is 58.1 Å².